The van der Waals surface area contributed by atoms with Crippen LogP contribution in [0.1, 0.15) is 13.3 Å². The Morgan fingerprint density at radius 2 is 2.33 bits per heavy atom. The van der Waals surface area contributed by atoms with E-state index in [1.807, 2.05) is 0 Å². The summed E-state index contributed by atoms with van der Waals surface area (Å²) in [5, 5.41) is 8.69. The van der Waals surface area contributed by atoms with Gasteiger partial charge in [0.25, 0.3) is 0 Å². The number of rotatable bonds is 1. The van der Waals surface area contributed by atoms with Gasteiger partial charge in [-0.25, -0.2) is 0 Å². The highest BCUT2D eigenvalue weighted by atomic mass is 16.5. The van der Waals surface area contributed by atoms with Crippen molar-refractivity contribution in [3.8, 4) is 0 Å². The highest BCUT2D eigenvalue weighted by Gasteiger charge is 2.38. The number of cyclic esters (lactones) is 1. The Hall–Kier alpha value is -1.10. The molecular weight excluding hydrogens is 162 g/mol. The van der Waals surface area contributed by atoms with Gasteiger partial charge in [-0.15, -0.1) is 0 Å². The lowest BCUT2D eigenvalue weighted by Crippen LogP contribution is -2.49. The van der Waals surface area contributed by atoms with Gasteiger partial charge in [0.2, 0.25) is 0 Å². The molecule has 0 aromatic rings. The van der Waals surface area contributed by atoms with Gasteiger partial charge >= 0.3 is 11.9 Å². The molecule has 0 radical (unpaired) electrons. The van der Waals surface area contributed by atoms with Crippen LogP contribution in [0.5, 0.6) is 0 Å². The van der Waals surface area contributed by atoms with E-state index < -0.39 is 30.0 Å². The first kappa shape index (κ1) is 8.99. The molecule has 12 heavy (non-hydrogen) atoms. The first-order chi connectivity index (χ1) is 5.52. The molecule has 0 saturated carbocycles. The summed E-state index contributed by atoms with van der Waals surface area (Å²) in [5.41, 5.74) is 5.48. The summed E-state index contributed by atoms with van der Waals surface area (Å²) in [5.74, 6) is -2.21. The molecule has 0 aromatic carbocycles. The predicted octanol–water partition coefficient (Wildman–Crippen LogP) is -0.650. The second-order valence-corrected chi connectivity index (χ2v) is 2.93. The summed E-state index contributed by atoms with van der Waals surface area (Å²) < 4.78 is 4.73. The summed E-state index contributed by atoms with van der Waals surface area (Å²) in [6, 6.07) is -0.626. The normalized spacial score (nSPS) is 35.8. The fourth-order valence-electron chi connectivity index (χ4n) is 1.38. The Morgan fingerprint density at radius 3 is 2.75 bits per heavy atom. The minimum absolute atomic E-state index is 0.0126. The second-order valence-electron chi connectivity index (χ2n) is 2.93. The third-order valence-electron chi connectivity index (χ3n) is 1.97. The van der Waals surface area contributed by atoms with Gasteiger partial charge in [0.15, 0.2) is 0 Å². The summed E-state index contributed by atoms with van der Waals surface area (Å²) >= 11 is 0. The Balaban J connectivity index is 2.73. The first-order valence-corrected chi connectivity index (χ1v) is 3.70. The van der Waals surface area contributed by atoms with E-state index >= 15 is 0 Å². The lowest BCUT2D eigenvalue weighted by molar-refractivity contribution is -0.166. The number of nitrogens with two attached hydrogens (primary N) is 1. The maximum Gasteiger partial charge on any atom is 0.311 e. The van der Waals surface area contributed by atoms with E-state index in [0.717, 1.165) is 0 Å². The lowest BCUT2D eigenvalue weighted by atomic mass is 9.90. The van der Waals surface area contributed by atoms with E-state index in [1.165, 1.54) is 6.92 Å². The second kappa shape index (κ2) is 3.10. The fourth-order valence-corrected chi connectivity index (χ4v) is 1.38. The van der Waals surface area contributed by atoms with Crippen LogP contribution >= 0.6 is 0 Å². The third kappa shape index (κ3) is 1.55. The third-order valence-corrected chi connectivity index (χ3v) is 1.97. The number of carboxylic acids is 1. The van der Waals surface area contributed by atoms with Crippen molar-refractivity contribution < 1.29 is 19.4 Å². The Bertz CT molecular complexity index is 201. The average molecular weight is 173 g/mol. The smallest absolute Gasteiger partial charge is 0.311 e. The monoisotopic (exact) mass is 173 g/mol. The van der Waals surface area contributed by atoms with E-state index in [2.05, 4.69) is 0 Å². The number of esters is 1. The van der Waals surface area contributed by atoms with Crippen LogP contribution in [-0.2, 0) is 14.3 Å². The SMILES string of the molecule is C[C@@H]1OC(=O)C[C@@H](N)[C@@H]1C(=O)O. The van der Waals surface area contributed by atoms with E-state index in [4.69, 9.17) is 15.6 Å². The van der Waals surface area contributed by atoms with Crippen LogP contribution in [0.3, 0.4) is 0 Å². The molecule has 1 heterocycles. The lowest BCUT2D eigenvalue weighted by Gasteiger charge is -2.30. The Morgan fingerprint density at radius 1 is 1.75 bits per heavy atom. The van der Waals surface area contributed by atoms with Crippen molar-refractivity contribution in [2.24, 2.45) is 11.7 Å². The molecule has 0 aliphatic carbocycles. The van der Waals surface area contributed by atoms with Gasteiger partial charge in [-0.3, -0.25) is 9.59 Å². The fraction of sp³-hybridized carbons (Fsp3) is 0.714. The zero-order valence-corrected chi connectivity index (χ0v) is 6.69. The van der Waals surface area contributed by atoms with Gasteiger partial charge in [0.1, 0.15) is 12.0 Å². The molecule has 0 aromatic heterocycles. The van der Waals surface area contributed by atoms with Crippen molar-refractivity contribution in [1.29, 1.82) is 0 Å². The van der Waals surface area contributed by atoms with Crippen LogP contribution in [0.4, 0.5) is 0 Å². The average Bonchev–Trinajstić information content (AvgIpc) is 1.82. The molecule has 1 saturated heterocycles. The van der Waals surface area contributed by atoms with Crippen molar-refractivity contribution in [3.05, 3.63) is 0 Å². The number of carbonyl (C=O) groups excluding carboxylic acids is 1. The first-order valence-electron chi connectivity index (χ1n) is 3.70. The van der Waals surface area contributed by atoms with Crippen molar-refractivity contribution in [2.45, 2.75) is 25.5 Å². The number of aliphatic carboxylic acids is 1. The van der Waals surface area contributed by atoms with E-state index in [9.17, 15) is 9.59 Å². The molecule has 3 N–H and O–H groups in total. The van der Waals surface area contributed by atoms with Gasteiger partial charge < -0.3 is 15.6 Å². The van der Waals surface area contributed by atoms with Crippen LogP contribution in [0.2, 0.25) is 0 Å². The van der Waals surface area contributed by atoms with Crippen LogP contribution in [0.25, 0.3) is 0 Å². The van der Waals surface area contributed by atoms with E-state index in [-0.39, 0.29) is 6.42 Å². The Kier molecular flexibility index (Phi) is 2.32. The van der Waals surface area contributed by atoms with Gasteiger partial charge in [-0.05, 0) is 6.92 Å². The molecule has 68 valence electrons. The largest absolute Gasteiger partial charge is 0.481 e. The molecule has 0 bridgehead atoms. The minimum Gasteiger partial charge on any atom is -0.481 e. The molecule has 1 aliphatic heterocycles. The molecule has 5 nitrogen and oxygen atoms in total. The van der Waals surface area contributed by atoms with Crippen molar-refractivity contribution in [2.75, 3.05) is 0 Å². The summed E-state index contributed by atoms with van der Waals surface area (Å²) in [6.07, 6.45) is -0.639. The van der Waals surface area contributed by atoms with Crippen LogP contribution in [0, 0.1) is 5.92 Å². The number of ether oxygens (including phenoxy) is 1. The van der Waals surface area contributed by atoms with Crippen LogP contribution < -0.4 is 5.73 Å². The summed E-state index contributed by atoms with van der Waals surface area (Å²) in [7, 11) is 0. The predicted molar refractivity (Wildman–Crippen MR) is 39.3 cm³/mol. The van der Waals surface area contributed by atoms with Gasteiger partial charge in [-0.2, -0.15) is 0 Å². The molecule has 0 spiro atoms. The number of carboxylic acid groups (broad SMARTS) is 1. The molecule has 1 rings (SSSR count). The topological polar surface area (TPSA) is 89.6 Å². The molecule has 3 atom stereocenters. The molecule has 1 aliphatic rings. The number of hydrogen-bond acceptors (Lipinski definition) is 4. The summed E-state index contributed by atoms with van der Waals surface area (Å²) in [6.45, 7) is 1.54. The minimum atomic E-state index is -1.01. The van der Waals surface area contributed by atoms with Gasteiger partial charge in [0.05, 0.1) is 6.42 Å². The van der Waals surface area contributed by atoms with Crippen molar-refractivity contribution >= 4 is 11.9 Å². The zero-order valence-electron chi connectivity index (χ0n) is 6.69. The molecule has 0 unspecified atom stereocenters. The van der Waals surface area contributed by atoms with Gasteiger partial charge in [-0.1, -0.05) is 0 Å². The number of carbonyl (C=O) groups is 2. The van der Waals surface area contributed by atoms with Crippen LogP contribution in [-0.4, -0.2) is 29.2 Å². The van der Waals surface area contributed by atoms with Crippen molar-refractivity contribution in [1.82, 2.24) is 0 Å². The Labute approximate surface area is 69.5 Å². The van der Waals surface area contributed by atoms with E-state index in [0.29, 0.717) is 0 Å². The zero-order chi connectivity index (χ0) is 9.30. The van der Waals surface area contributed by atoms with E-state index in [1.54, 1.807) is 0 Å². The number of hydrogen-bond donors (Lipinski definition) is 2. The maximum absolute atomic E-state index is 10.8. The standard InChI is InChI=1S/C7H11NO4/c1-3-6(7(10)11)4(8)2-5(9)12-3/h3-4,6H,2,8H2,1H3,(H,10,11)/t3-,4+,6+/m0/s1. The van der Waals surface area contributed by atoms with Gasteiger partial charge in [0, 0.05) is 6.04 Å². The molecule has 1 fully saturated rings. The highest BCUT2D eigenvalue weighted by molar-refractivity contribution is 5.78. The van der Waals surface area contributed by atoms with Crippen molar-refractivity contribution in [3.63, 3.8) is 0 Å². The summed E-state index contributed by atoms with van der Waals surface area (Å²) in [4.78, 5) is 21.4. The van der Waals surface area contributed by atoms with Crippen LogP contribution in [0.15, 0.2) is 0 Å². The quantitative estimate of drug-likeness (QED) is 0.514. The highest BCUT2D eigenvalue weighted by Crippen LogP contribution is 2.20. The molecule has 0 amide bonds. The molecule has 5 heteroatoms. The molecular formula is C7H11NO4. The maximum atomic E-state index is 10.8.